The summed E-state index contributed by atoms with van der Waals surface area (Å²) in [4.78, 5) is 24.5. The van der Waals surface area contributed by atoms with Crippen molar-refractivity contribution in [3.05, 3.63) is 82.2 Å². The first kappa shape index (κ1) is 17.6. The minimum atomic E-state index is -0.335. The number of aromatic amines is 1. The van der Waals surface area contributed by atoms with Crippen molar-refractivity contribution in [2.24, 2.45) is 7.05 Å². The molecule has 0 fully saturated rings. The van der Waals surface area contributed by atoms with E-state index in [1.165, 1.54) is 16.8 Å². The lowest BCUT2D eigenvalue weighted by Gasteiger charge is -2.07. The van der Waals surface area contributed by atoms with Gasteiger partial charge in [0.1, 0.15) is 11.5 Å². The van der Waals surface area contributed by atoms with E-state index in [0.29, 0.717) is 33.4 Å². The van der Waals surface area contributed by atoms with Gasteiger partial charge in [0.2, 0.25) is 0 Å². The molecule has 2 aromatic carbocycles. The Hall–Kier alpha value is -3.81. The SMILES string of the molecule is Cn1nc(-c2ccc(F)cc2)cc1C(=O)NCc1n[nH]c(=O)c2ccccc12. The number of H-pyrrole nitrogens is 1. The predicted molar refractivity (Wildman–Crippen MR) is 102 cm³/mol. The van der Waals surface area contributed by atoms with Crippen LogP contribution in [0.5, 0.6) is 0 Å². The van der Waals surface area contributed by atoms with E-state index in [4.69, 9.17) is 0 Å². The van der Waals surface area contributed by atoms with Gasteiger partial charge < -0.3 is 5.32 Å². The number of rotatable bonds is 4. The quantitative estimate of drug-likeness (QED) is 0.571. The third kappa shape index (κ3) is 3.27. The van der Waals surface area contributed by atoms with Crippen molar-refractivity contribution in [3.63, 3.8) is 0 Å². The number of nitrogens with one attached hydrogen (secondary N) is 2. The van der Waals surface area contributed by atoms with Gasteiger partial charge >= 0.3 is 0 Å². The summed E-state index contributed by atoms with van der Waals surface area (Å²) in [5, 5.41) is 14.8. The number of benzene rings is 2. The fourth-order valence-electron chi connectivity index (χ4n) is 3.00. The minimum absolute atomic E-state index is 0.146. The number of carbonyl (C=O) groups excluding carboxylic acids is 1. The number of hydrogen-bond donors (Lipinski definition) is 2. The van der Waals surface area contributed by atoms with Gasteiger partial charge in [-0.15, -0.1) is 0 Å². The van der Waals surface area contributed by atoms with Gasteiger partial charge in [-0.05, 0) is 36.4 Å². The lowest BCUT2D eigenvalue weighted by atomic mass is 10.1. The van der Waals surface area contributed by atoms with E-state index in [0.717, 1.165) is 0 Å². The van der Waals surface area contributed by atoms with Gasteiger partial charge in [0, 0.05) is 18.0 Å². The van der Waals surface area contributed by atoms with Crippen molar-refractivity contribution < 1.29 is 9.18 Å². The number of halogens is 1. The molecule has 2 N–H and O–H groups in total. The first-order valence-electron chi connectivity index (χ1n) is 8.57. The van der Waals surface area contributed by atoms with E-state index in [2.05, 4.69) is 20.6 Å². The van der Waals surface area contributed by atoms with Crippen LogP contribution in [-0.4, -0.2) is 25.9 Å². The fourth-order valence-corrected chi connectivity index (χ4v) is 3.00. The van der Waals surface area contributed by atoms with Crippen LogP contribution in [0.3, 0.4) is 0 Å². The smallest absolute Gasteiger partial charge is 0.272 e. The summed E-state index contributed by atoms with van der Waals surface area (Å²) in [5.74, 6) is -0.668. The Bertz CT molecular complexity index is 1230. The molecular formula is C20H16FN5O2. The average molecular weight is 377 g/mol. The highest BCUT2D eigenvalue weighted by Crippen LogP contribution is 2.19. The zero-order valence-electron chi connectivity index (χ0n) is 14.9. The van der Waals surface area contributed by atoms with Crippen LogP contribution >= 0.6 is 0 Å². The number of hydrogen-bond acceptors (Lipinski definition) is 4. The first-order valence-corrected chi connectivity index (χ1v) is 8.57. The molecule has 7 nitrogen and oxygen atoms in total. The van der Waals surface area contributed by atoms with Crippen LogP contribution in [0.2, 0.25) is 0 Å². The molecule has 0 radical (unpaired) electrons. The van der Waals surface area contributed by atoms with Crippen molar-refractivity contribution in [2.45, 2.75) is 6.54 Å². The number of amides is 1. The van der Waals surface area contributed by atoms with Crippen molar-refractivity contribution >= 4 is 16.7 Å². The molecule has 0 aliphatic carbocycles. The standard InChI is InChI=1S/C20H16FN5O2/c1-26-18(10-16(25-26)12-6-8-13(21)9-7-12)20(28)22-11-17-14-4-2-3-5-15(14)19(27)24-23-17/h2-10H,11H2,1H3,(H,22,28)(H,24,27). The van der Waals surface area contributed by atoms with E-state index >= 15 is 0 Å². The largest absolute Gasteiger partial charge is 0.345 e. The van der Waals surface area contributed by atoms with Gasteiger partial charge in [-0.1, -0.05) is 18.2 Å². The maximum absolute atomic E-state index is 13.1. The molecule has 0 atom stereocenters. The molecule has 2 heterocycles. The summed E-state index contributed by atoms with van der Waals surface area (Å²) in [7, 11) is 1.66. The molecule has 0 aliphatic rings. The number of aryl methyl sites for hydroxylation is 1. The summed E-state index contributed by atoms with van der Waals surface area (Å²) in [6.45, 7) is 0.146. The van der Waals surface area contributed by atoms with Crippen molar-refractivity contribution in [1.29, 1.82) is 0 Å². The summed E-state index contributed by atoms with van der Waals surface area (Å²) < 4.78 is 14.6. The molecule has 4 rings (SSSR count). The van der Waals surface area contributed by atoms with E-state index in [-0.39, 0.29) is 23.8 Å². The van der Waals surface area contributed by atoms with Gasteiger partial charge in [0.05, 0.1) is 23.3 Å². The highest BCUT2D eigenvalue weighted by molar-refractivity contribution is 5.94. The van der Waals surface area contributed by atoms with Crippen molar-refractivity contribution in [1.82, 2.24) is 25.3 Å². The number of nitrogens with zero attached hydrogens (tertiary/aromatic N) is 3. The van der Waals surface area contributed by atoms with Crippen LogP contribution in [0.15, 0.2) is 59.4 Å². The zero-order valence-corrected chi connectivity index (χ0v) is 14.9. The summed E-state index contributed by atoms with van der Waals surface area (Å²) in [6.07, 6.45) is 0. The molecule has 0 spiro atoms. The molecule has 8 heteroatoms. The molecule has 0 bridgehead atoms. The van der Waals surface area contributed by atoms with Gasteiger partial charge in [-0.3, -0.25) is 14.3 Å². The molecule has 0 unspecified atom stereocenters. The van der Waals surface area contributed by atoms with Crippen LogP contribution in [0.1, 0.15) is 16.2 Å². The summed E-state index contributed by atoms with van der Waals surface area (Å²) >= 11 is 0. The Morgan fingerprint density at radius 1 is 1.14 bits per heavy atom. The Kier molecular flexibility index (Phi) is 4.44. The van der Waals surface area contributed by atoms with E-state index in [1.54, 1.807) is 43.4 Å². The minimum Gasteiger partial charge on any atom is -0.345 e. The molecular weight excluding hydrogens is 361 g/mol. The second kappa shape index (κ2) is 7.07. The molecule has 140 valence electrons. The van der Waals surface area contributed by atoms with E-state index < -0.39 is 0 Å². The predicted octanol–water partition coefficient (Wildman–Crippen LogP) is 2.39. The van der Waals surface area contributed by atoms with Crippen molar-refractivity contribution in [3.8, 4) is 11.3 Å². The van der Waals surface area contributed by atoms with Crippen LogP contribution in [-0.2, 0) is 13.6 Å². The Morgan fingerprint density at radius 2 is 1.86 bits per heavy atom. The average Bonchev–Trinajstić information content (AvgIpc) is 3.10. The van der Waals surface area contributed by atoms with E-state index in [9.17, 15) is 14.0 Å². The first-order chi connectivity index (χ1) is 13.5. The van der Waals surface area contributed by atoms with Crippen LogP contribution in [0.25, 0.3) is 22.0 Å². The summed E-state index contributed by atoms with van der Waals surface area (Å²) in [6, 6.07) is 14.6. The van der Waals surface area contributed by atoms with Gasteiger partial charge in [0.15, 0.2) is 0 Å². The molecule has 28 heavy (non-hydrogen) atoms. The Labute approximate surface area is 158 Å². The number of aromatic nitrogens is 4. The van der Waals surface area contributed by atoms with Crippen molar-refractivity contribution in [2.75, 3.05) is 0 Å². The van der Waals surface area contributed by atoms with Crippen LogP contribution in [0.4, 0.5) is 4.39 Å². The molecule has 2 aromatic heterocycles. The maximum Gasteiger partial charge on any atom is 0.272 e. The molecule has 0 saturated heterocycles. The van der Waals surface area contributed by atoms with Gasteiger partial charge in [-0.25, -0.2) is 9.49 Å². The number of carbonyl (C=O) groups is 1. The normalized spacial score (nSPS) is 10.9. The number of fused-ring (bicyclic) bond motifs is 1. The highest BCUT2D eigenvalue weighted by atomic mass is 19.1. The third-order valence-electron chi connectivity index (χ3n) is 4.44. The Morgan fingerprint density at radius 3 is 2.61 bits per heavy atom. The van der Waals surface area contributed by atoms with E-state index in [1.807, 2.05) is 6.07 Å². The Balaban J connectivity index is 1.56. The van der Waals surface area contributed by atoms with Crippen LogP contribution in [0, 0.1) is 5.82 Å². The lowest BCUT2D eigenvalue weighted by Crippen LogP contribution is -2.26. The molecule has 0 aliphatic heterocycles. The molecule has 4 aromatic rings. The topological polar surface area (TPSA) is 92.7 Å². The highest BCUT2D eigenvalue weighted by Gasteiger charge is 2.15. The van der Waals surface area contributed by atoms with Crippen LogP contribution < -0.4 is 10.9 Å². The monoisotopic (exact) mass is 377 g/mol. The lowest BCUT2D eigenvalue weighted by molar-refractivity contribution is 0.0941. The second-order valence-corrected chi connectivity index (χ2v) is 6.27. The zero-order chi connectivity index (χ0) is 19.7. The van der Waals surface area contributed by atoms with Gasteiger partial charge in [-0.2, -0.15) is 10.2 Å². The van der Waals surface area contributed by atoms with Gasteiger partial charge in [0.25, 0.3) is 11.5 Å². The summed E-state index contributed by atoms with van der Waals surface area (Å²) in [5.41, 5.74) is 1.92. The fraction of sp³-hybridized carbons (Fsp3) is 0.100. The molecule has 1 amide bonds. The second-order valence-electron chi connectivity index (χ2n) is 6.27. The maximum atomic E-state index is 13.1. The molecule has 0 saturated carbocycles. The third-order valence-corrected chi connectivity index (χ3v) is 4.44.